The standard InChI is InChI=1S/C18H32N4O3.2ClH/c1-2-3-4-5-6-7-8-9-17(23)25-11-10-21-18(24)16(19)12-15-13-20-14-22-15;;/h13-14,16H,2-12,19H2,1H3,(H,20,22)(H,21,24);2*1H/t16-;;/m0../s1. The van der Waals surface area contributed by atoms with Crippen LogP contribution in [-0.2, 0) is 20.7 Å². The van der Waals surface area contributed by atoms with Gasteiger partial charge in [-0.1, -0.05) is 45.4 Å². The fourth-order valence-electron chi connectivity index (χ4n) is 2.49. The van der Waals surface area contributed by atoms with Crippen molar-refractivity contribution in [2.24, 2.45) is 5.73 Å². The molecule has 0 radical (unpaired) electrons. The lowest BCUT2D eigenvalue weighted by Gasteiger charge is -2.11. The number of imidazole rings is 1. The number of ether oxygens (including phenoxy) is 1. The fraction of sp³-hybridized carbons (Fsp3) is 0.722. The molecule has 1 heterocycles. The number of aromatic nitrogens is 2. The van der Waals surface area contributed by atoms with Crippen LogP contribution in [0.3, 0.4) is 0 Å². The van der Waals surface area contributed by atoms with Gasteiger partial charge in [0.25, 0.3) is 0 Å². The summed E-state index contributed by atoms with van der Waals surface area (Å²) in [6.45, 7) is 2.65. The molecule has 27 heavy (non-hydrogen) atoms. The Labute approximate surface area is 174 Å². The molecule has 1 aromatic heterocycles. The Bertz CT molecular complexity index is 487. The van der Waals surface area contributed by atoms with Crippen LogP contribution in [0.1, 0.15) is 64.0 Å². The number of nitrogens with zero attached hydrogens (tertiary/aromatic N) is 1. The number of amides is 1. The average molecular weight is 425 g/mol. The molecule has 1 atom stereocenters. The van der Waals surface area contributed by atoms with E-state index in [0.717, 1.165) is 18.5 Å². The van der Waals surface area contributed by atoms with Crippen LogP contribution in [0.2, 0.25) is 0 Å². The minimum absolute atomic E-state index is 0. The van der Waals surface area contributed by atoms with Gasteiger partial charge in [0.1, 0.15) is 6.61 Å². The van der Waals surface area contributed by atoms with Crippen molar-refractivity contribution in [2.45, 2.75) is 70.8 Å². The average Bonchev–Trinajstić information content (AvgIpc) is 3.10. The summed E-state index contributed by atoms with van der Waals surface area (Å²) in [4.78, 5) is 30.2. The van der Waals surface area contributed by atoms with Crippen LogP contribution in [0.15, 0.2) is 12.5 Å². The number of aromatic amines is 1. The number of rotatable bonds is 14. The maximum Gasteiger partial charge on any atom is 0.305 e. The molecule has 0 aliphatic heterocycles. The van der Waals surface area contributed by atoms with E-state index in [0.29, 0.717) is 12.8 Å². The molecular formula is C18H34Cl2N4O3. The lowest BCUT2D eigenvalue weighted by molar-refractivity contribution is -0.144. The molecule has 0 aromatic carbocycles. The second-order valence-electron chi connectivity index (χ2n) is 6.27. The number of esters is 1. The first-order valence-corrected chi connectivity index (χ1v) is 9.29. The number of nitrogens with two attached hydrogens (primary N) is 1. The third kappa shape index (κ3) is 14.4. The summed E-state index contributed by atoms with van der Waals surface area (Å²) >= 11 is 0. The number of carbonyl (C=O) groups is 2. The molecule has 0 spiro atoms. The van der Waals surface area contributed by atoms with E-state index in [1.165, 1.54) is 32.1 Å². The molecule has 1 rings (SSSR count). The van der Waals surface area contributed by atoms with E-state index in [4.69, 9.17) is 10.5 Å². The number of unbranched alkanes of at least 4 members (excludes halogenated alkanes) is 6. The summed E-state index contributed by atoms with van der Waals surface area (Å²) in [5.41, 5.74) is 6.62. The third-order valence-corrected chi connectivity index (χ3v) is 3.98. The van der Waals surface area contributed by atoms with E-state index in [2.05, 4.69) is 22.2 Å². The van der Waals surface area contributed by atoms with Crippen LogP contribution in [0.25, 0.3) is 0 Å². The molecule has 4 N–H and O–H groups in total. The Morgan fingerprint density at radius 1 is 1.19 bits per heavy atom. The highest BCUT2D eigenvalue weighted by Gasteiger charge is 2.14. The van der Waals surface area contributed by atoms with E-state index in [-0.39, 0.29) is 49.8 Å². The zero-order chi connectivity index (χ0) is 18.3. The van der Waals surface area contributed by atoms with Crippen LogP contribution in [0.5, 0.6) is 0 Å². The van der Waals surface area contributed by atoms with Crippen molar-refractivity contribution >= 4 is 36.7 Å². The fourth-order valence-corrected chi connectivity index (χ4v) is 2.49. The quantitative estimate of drug-likeness (QED) is 0.314. The van der Waals surface area contributed by atoms with E-state index >= 15 is 0 Å². The van der Waals surface area contributed by atoms with Crippen LogP contribution in [0, 0.1) is 0 Å². The summed E-state index contributed by atoms with van der Waals surface area (Å²) in [5, 5.41) is 2.67. The van der Waals surface area contributed by atoms with E-state index in [9.17, 15) is 9.59 Å². The highest BCUT2D eigenvalue weighted by molar-refractivity contribution is 5.85. The smallest absolute Gasteiger partial charge is 0.305 e. The van der Waals surface area contributed by atoms with Crippen LogP contribution in [0.4, 0.5) is 0 Å². The van der Waals surface area contributed by atoms with Gasteiger partial charge in [-0.15, -0.1) is 24.8 Å². The first kappa shape index (κ1) is 27.9. The van der Waals surface area contributed by atoms with Gasteiger partial charge in [0.05, 0.1) is 18.9 Å². The number of carbonyl (C=O) groups excluding carboxylic acids is 2. The van der Waals surface area contributed by atoms with Gasteiger partial charge in [-0.2, -0.15) is 0 Å². The highest BCUT2D eigenvalue weighted by atomic mass is 35.5. The topological polar surface area (TPSA) is 110 Å². The molecule has 9 heteroatoms. The third-order valence-electron chi connectivity index (χ3n) is 3.98. The van der Waals surface area contributed by atoms with Crippen molar-refractivity contribution in [3.05, 3.63) is 18.2 Å². The molecule has 0 saturated carbocycles. The van der Waals surface area contributed by atoms with E-state index in [1.54, 1.807) is 12.5 Å². The lowest BCUT2D eigenvalue weighted by Crippen LogP contribution is -2.43. The van der Waals surface area contributed by atoms with Gasteiger partial charge >= 0.3 is 5.97 Å². The lowest BCUT2D eigenvalue weighted by atomic mass is 10.1. The van der Waals surface area contributed by atoms with Crippen LogP contribution >= 0.6 is 24.8 Å². The van der Waals surface area contributed by atoms with Gasteiger partial charge < -0.3 is 20.8 Å². The Morgan fingerprint density at radius 2 is 1.85 bits per heavy atom. The van der Waals surface area contributed by atoms with Crippen molar-refractivity contribution in [3.8, 4) is 0 Å². The zero-order valence-corrected chi connectivity index (χ0v) is 17.7. The molecule has 158 valence electrons. The summed E-state index contributed by atoms with van der Waals surface area (Å²) in [6.07, 6.45) is 12.2. The SMILES string of the molecule is CCCCCCCCCC(=O)OCCNC(=O)[C@@H](N)Cc1cnc[nH]1.Cl.Cl. The monoisotopic (exact) mass is 424 g/mol. The molecule has 1 amide bonds. The highest BCUT2D eigenvalue weighted by Crippen LogP contribution is 2.08. The van der Waals surface area contributed by atoms with Crippen LogP contribution in [-0.4, -0.2) is 41.0 Å². The minimum Gasteiger partial charge on any atom is -0.464 e. The number of halogens is 2. The summed E-state index contributed by atoms with van der Waals surface area (Å²) < 4.78 is 5.11. The zero-order valence-electron chi connectivity index (χ0n) is 16.1. The molecule has 7 nitrogen and oxygen atoms in total. The Kier molecular flexibility index (Phi) is 18.7. The van der Waals surface area contributed by atoms with E-state index in [1.807, 2.05) is 0 Å². The van der Waals surface area contributed by atoms with Crippen molar-refractivity contribution in [3.63, 3.8) is 0 Å². The minimum atomic E-state index is -0.649. The molecule has 0 aliphatic carbocycles. The van der Waals surface area contributed by atoms with Crippen molar-refractivity contribution in [1.29, 1.82) is 0 Å². The molecule has 0 unspecified atom stereocenters. The van der Waals surface area contributed by atoms with Gasteiger partial charge in [-0.05, 0) is 6.42 Å². The van der Waals surface area contributed by atoms with Gasteiger partial charge in [0.15, 0.2) is 0 Å². The predicted molar refractivity (Wildman–Crippen MR) is 111 cm³/mol. The maximum atomic E-state index is 11.8. The predicted octanol–water partition coefficient (Wildman–Crippen LogP) is 2.92. The Hall–Kier alpha value is -1.31. The first-order valence-electron chi connectivity index (χ1n) is 9.29. The van der Waals surface area contributed by atoms with Crippen molar-refractivity contribution in [1.82, 2.24) is 15.3 Å². The molecule has 0 bridgehead atoms. The number of nitrogens with one attached hydrogen (secondary N) is 2. The second kappa shape index (κ2) is 18.1. The van der Waals surface area contributed by atoms with Gasteiger partial charge in [0.2, 0.25) is 5.91 Å². The number of hydrogen-bond acceptors (Lipinski definition) is 5. The number of hydrogen-bond donors (Lipinski definition) is 3. The van der Waals surface area contributed by atoms with Crippen molar-refractivity contribution < 1.29 is 14.3 Å². The Morgan fingerprint density at radius 3 is 2.48 bits per heavy atom. The van der Waals surface area contributed by atoms with Gasteiger partial charge in [0, 0.05) is 24.7 Å². The molecule has 1 aromatic rings. The summed E-state index contributed by atoms with van der Waals surface area (Å²) in [5.74, 6) is -0.470. The normalized spacial score (nSPS) is 11.0. The Balaban J connectivity index is 0. The second-order valence-corrected chi connectivity index (χ2v) is 6.27. The maximum absolute atomic E-state index is 11.8. The molecule has 0 fully saturated rings. The summed E-state index contributed by atoms with van der Waals surface area (Å²) in [7, 11) is 0. The largest absolute Gasteiger partial charge is 0.464 e. The molecule has 0 aliphatic rings. The molecular weight excluding hydrogens is 391 g/mol. The van der Waals surface area contributed by atoms with Crippen molar-refractivity contribution in [2.75, 3.05) is 13.2 Å². The number of H-pyrrole nitrogens is 1. The first-order chi connectivity index (χ1) is 12.1. The molecule has 0 saturated heterocycles. The van der Waals surface area contributed by atoms with Gasteiger partial charge in [-0.25, -0.2) is 4.98 Å². The van der Waals surface area contributed by atoms with E-state index < -0.39 is 6.04 Å². The summed E-state index contributed by atoms with van der Waals surface area (Å²) in [6, 6.07) is -0.649. The van der Waals surface area contributed by atoms with Crippen LogP contribution < -0.4 is 11.1 Å². The van der Waals surface area contributed by atoms with Gasteiger partial charge in [-0.3, -0.25) is 9.59 Å².